The van der Waals surface area contributed by atoms with E-state index >= 15 is 8.63 Å². The number of benzene rings is 1. The smallest absolute Gasteiger partial charge is 0.492 e. The van der Waals surface area contributed by atoms with Gasteiger partial charge in [-0.05, 0) is 91.0 Å². The molecule has 34 heteroatoms. The number of allylic oxidation sites excluding steroid dienone is 4. The standard InChI is InChI=1S/C39H48BF2N12O16P3/c1-24-7-9-30(50-40(41,42)54-27(4)17-25(2)33(54)16-24)10-8-26(3)46-13-15-64-31-11-12-32(29(18-31)20-47-51-44)38(55)65-14-5-6-28-21-53(39(56)49-37(28)43)36-19-34(66-23-48-52-45)35(68-36)22-67-72(60,61)70-73(62,63)69-71(57,58)59/h7,9,11-12,16-18,21,34-36,46,50H,3,8,10,13-15,19-20,22-23H2,1-2,4H3,(H,60,61)(H,62,63)(H2,43,49,56)(H2,57,58,59)/b9-7?,24-16+,50-30?/t34?,35-,36-/m1/s1. The largest absolute Gasteiger partial charge is 0.730 e. The first-order chi connectivity index (χ1) is 34.3. The topological polar surface area (TPSA) is 403 Å². The van der Waals surface area contributed by atoms with Gasteiger partial charge in [-0.2, -0.15) is 13.6 Å². The minimum Gasteiger partial charge on any atom is -0.492 e. The number of aromatic nitrogens is 3. The number of anilines is 1. The third kappa shape index (κ3) is 17.1. The second-order valence-corrected chi connectivity index (χ2v) is 20.2. The predicted octanol–water partition coefficient (Wildman–Crippen LogP) is 4.23. The van der Waals surface area contributed by atoms with Crippen molar-refractivity contribution >= 4 is 54.0 Å². The second-order valence-electron chi connectivity index (χ2n) is 15.8. The van der Waals surface area contributed by atoms with E-state index in [0.29, 0.717) is 35.0 Å². The molecular weight excluding hydrogens is 1030 g/mol. The number of nitrogens with two attached hydrogens (primary N) is 1. The Hall–Kier alpha value is -6.43. The van der Waals surface area contributed by atoms with Crippen LogP contribution in [0.1, 0.15) is 70.9 Å². The number of nitrogen functional groups attached to an aromatic ring is 1. The molecule has 0 aliphatic carbocycles. The molecule has 3 unspecified atom stereocenters. The van der Waals surface area contributed by atoms with Gasteiger partial charge in [-0.15, -0.1) is 0 Å². The number of phosphoric ester groups is 1. The molecule has 1 fully saturated rings. The molecule has 73 heavy (non-hydrogen) atoms. The van der Waals surface area contributed by atoms with E-state index in [9.17, 15) is 33.1 Å². The number of ether oxygens (including phenoxy) is 4. The highest BCUT2D eigenvalue weighted by Gasteiger charge is 2.44. The van der Waals surface area contributed by atoms with Gasteiger partial charge >= 0.3 is 42.1 Å². The number of nitrogens with one attached hydrogen (secondary N) is 2. The lowest BCUT2D eigenvalue weighted by atomic mass is 9.96. The number of halogens is 2. The SMILES string of the molecule is C=C(CCC1=[NH+][B-](F)(F)n2c(C)cc(C)c2/C=C(\C)C=C1)NCCOc1ccc(C(=O)OCC#Cc2cn([C@H]3CC(OCN=[N+]=[N-])[C@@H](COP(=O)(O)OP(=O)(O)OP(=O)(O)O)O3)c(=O)nc2N)c(CN=[N+]=[N-])c1. The minimum absolute atomic E-state index is 0.0157. The zero-order chi connectivity index (χ0) is 53.7. The summed E-state index contributed by atoms with van der Waals surface area (Å²) >= 11 is 0. The van der Waals surface area contributed by atoms with Crippen molar-refractivity contribution in [1.29, 1.82) is 0 Å². The third-order valence-electron chi connectivity index (χ3n) is 10.3. The number of carbonyl (C=O) groups is 1. The molecule has 2 aliphatic rings. The van der Waals surface area contributed by atoms with Crippen LogP contribution >= 0.6 is 23.5 Å². The molecule has 5 atom stereocenters. The van der Waals surface area contributed by atoms with Gasteiger partial charge in [-0.1, -0.05) is 34.7 Å². The monoisotopic (exact) mass is 1080 g/mol. The van der Waals surface area contributed by atoms with Crippen LogP contribution in [0.2, 0.25) is 0 Å². The second kappa shape index (κ2) is 25.0. The summed E-state index contributed by atoms with van der Waals surface area (Å²) < 4.78 is 102. The fourth-order valence-corrected chi connectivity index (χ4v) is 10.3. The lowest BCUT2D eigenvalue weighted by molar-refractivity contribution is -0.341. The number of hydrogen-bond donors (Lipinski definition) is 7. The number of aryl methyl sites for hydroxylation is 2. The molecular formula is C39H48BF2N12O16P3. The zero-order valence-electron chi connectivity index (χ0n) is 38.9. The average molecular weight is 1080 g/mol. The Kier molecular flexibility index (Phi) is 19.7. The normalized spacial score (nSPS) is 19.5. The number of hydrogen-bond acceptors (Lipinski definition) is 17. The third-order valence-corrected chi connectivity index (χ3v) is 14.1. The molecule has 0 spiro atoms. The van der Waals surface area contributed by atoms with Crippen LogP contribution in [0.5, 0.6) is 5.75 Å². The van der Waals surface area contributed by atoms with Gasteiger partial charge < -0.3 is 67.6 Å². The maximum Gasteiger partial charge on any atom is 0.730 e. The van der Waals surface area contributed by atoms with E-state index in [1.54, 1.807) is 38.1 Å². The van der Waals surface area contributed by atoms with Crippen LogP contribution in [0.3, 0.4) is 0 Å². The molecule has 5 rings (SSSR count). The number of fused-ring (bicyclic) bond motifs is 1. The van der Waals surface area contributed by atoms with Crippen molar-refractivity contribution < 1.29 is 83.7 Å². The first-order valence-electron chi connectivity index (χ1n) is 21.3. The number of esters is 1. The molecule has 3 aromatic rings. The van der Waals surface area contributed by atoms with Crippen molar-refractivity contribution in [3.05, 3.63) is 125 Å². The Labute approximate surface area is 413 Å². The van der Waals surface area contributed by atoms with Crippen molar-refractivity contribution in [3.8, 4) is 17.6 Å². The summed E-state index contributed by atoms with van der Waals surface area (Å²) in [5, 5.41) is 9.89. The Balaban J connectivity index is 1.16. The number of nitrogens with zero attached hydrogens (tertiary/aromatic N) is 9. The van der Waals surface area contributed by atoms with Crippen LogP contribution in [-0.4, -0.2) is 97.6 Å². The molecule has 0 radical (unpaired) electrons. The van der Waals surface area contributed by atoms with E-state index in [-0.39, 0.29) is 55.0 Å². The number of phosphoric acid groups is 3. The summed E-state index contributed by atoms with van der Waals surface area (Å²) in [5.74, 6) is 4.28. The van der Waals surface area contributed by atoms with Gasteiger partial charge in [0.15, 0.2) is 6.61 Å². The van der Waals surface area contributed by atoms with Gasteiger partial charge in [0.2, 0.25) is 0 Å². The van der Waals surface area contributed by atoms with Crippen molar-refractivity contribution in [2.75, 3.05) is 38.8 Å². The minimum atomic E-state index is -5.85. The van der Waals surface area contributed by atoms with E-state index in [1.807, 2.05) is 6.92 Å². The van der Waals surface area contributed by atoms with Crippen molar-refractivity contribution in [2.24, 2.45) is 10.2 Å². The molecule has 8 N–H and O–H groups in total. The quantitative estimate of drug-likeness (QED) is 0.0102. The predicted molar refractivity (Wildman–Crippen MR) is 254 cm³/mol. The van der Waals surface area contributed by atoms with Crippen LogP contribution in [-0.2, 0) is 47.6 Å². The summed E-state index contributed by atoms with van der Waals surface area (Å²) in [5.41, 5.74) is 26.2. The summed E-state index contributed by atoms with van der Waals surface area (Å²) in [7, 11) is -17.1. The highest BCUT2D eigenvalue weighted by Crippen LogP contribution is 2.66. The maximum absolute atomic E-state index is 15.6. The van der Waals surface area contributed by atoms with E-state index < -0.39 is 80.5 Å². The molecule has 1 aromatic carbocycles. The maximum atomic E-state index is 15.6. The van der Waals surface area contributed by atoms with Crippen LogP contribution in [0, 0.1) is 25.7 Å². The Morgan fingerprint density at radius 2 is 1.85 bits per heavy atom. The van der Waals surface area contributed by atoms with Gasteiger partial charge in [0.25, 0.3) is 0 Å². The first-order valence-corrected chi connectivity index (χ1v) is 25.8. The fourth-order valence-electron chi connectivity index (χ4n) is 7.22. The van der Waals surface area contributed by atoms with Gasteiger partial charge in [0.05, 0.1) is 30.4 Å². The van der Waals surface area contributed by atoms with Crippen molar-refractivity contribution in [1.82, 2.24) is 19.3 Å². The van der Waals surface area contributed by atoms with Crippen LogP contribution < -0.4 is 26.4 Å². The van der Waals surface area contributed by atoms with Crippen LogP contribution in [0.15, 0.2) is 75.5 Å². The van der Waals surface area contributed by atoms with Crippen LogP contribution in [0.4, 0.5) is 14.4 Å². The molecule has 2 aliphatic heterocycles. The summed E-state index contributed by atoms with van der Waals surface area (Å²) in [6.45, 7) is 3.15. The van der Waals surface area contributed by atoms with Gasteiger partial charge in [-0.3, -0.25) is 9.09 Å². The van der Waals surface area contributed by atoms with Crippen molar-refractivity contribution in [3.63, 3.8) is 0 Å². The van der Waals surface area contributed by atoms with E-state index in [0.717, 1.165) is 26.4 Å². The first kappa shape index (κ1) is 57.5. The Morgan fingerprint density at radius 1 is 1.11 bits per heavy atom. The van der Waals surface area contributed by atoms with E-state index in [4.69, 9.17) is 45.5 Å². The lowest BCUT2D eigenvalue weighted by Crippen LogP contribution is -2.91. The Morgan fingerprint density at radius 3 is 2.56 bits per heavy atom. The number of carbonyl (C=O) groups excluding carboxylic acids is 1. The molecule has 4 heterocycles. The molecule has 0 saturated carbocycles. The van der Waals surface area contributed by atoms with Gasteiger partial charge in [0, 0.05) is 52.9 Å². The van der Waals surface area contributed by atoms with Gasteiger partial charge in [0.1, 0.15) is 42.9 Å². The lowest BCUT2D eigenvalue weighted by Gasteiger charge is -2.21. The summed E-state index contributed by atoms with van der Waals surface area (Å²) in [4.78, 5) is 74.4. The Bertz CT molecular complexity index is 3070. The molecule has 1 saturated heterocycles. The van der Waals surface area contributed by atoms with Gasteiger partial charge in [-0.25, -0.2) is 23.3 Å². The highest BCUT2D eigenvalue weighted by molar-refractivity contribution is 7.66. The molecule has 392 valence electrons. The number of azide groups is 2. The van der Waals surface area contributed by atoms with E-state index in [2.05, 4.69) is 66.8 Å². The summed E-state index contributed by atoms with van der Waals surface area (Å²) in [6, 6.07) is 6.08. The average Bonchev–Trinajstić information content (AvgIpc) is 3.84. The highest BCUT2D eigenvalue weighted by atomic mass is 31.3. The molecule has 2 aromatic heterocycles. The van der Waals surface area contributed by atoms with E-state index in [1.165, 1.54) is 18.2 Å². The summed E-state index contributed by atoms with van der Waals surface area (Å²) in [6.07, 6.45) is 2.76. The number of rotatable bonds is 23. The molecule has 0 amide bonds. The van der Waals surface area contributed by atoms with Crippen LogP contribution in [0.25, 0.3) is 27.0 Å². The molecule has 0 bridgehead atoms. The molecule has 28 nitrogen and oxygen atoms in total. The fraction of sp³-hybridized carbons (Fsp3) is 0.385. The zero-order valence-corrected chi connectivity index (χ0v) is 41.6. The van der Waals surface area contributed by atoms with Crippen molar-refractivity contribution in [2.45, 2.75) is 65.0 Å².